The van der Waals surface area contributed by atoms with E-state index in [-0.39, 0.29) is 5.91 Å². The quantitative estimate of drug-likeness (QED) is 0.776. The zero-order valence-corrected chi connectivity index (χ0v) is 10.7. The molecule has 0 unspecified atom stereocenters. The van der Waals surface area contributed by atoms with E-state index in [1.165, 1.54) is 0 Å². The number of nitrogens with two attached hydrogens (primary N) is 1. The van der Waals surface area contributed by atoms with Crippen molar-refractivity contribution in [2.75, 3.05) is 33.4 Å². The van der Waals surface area contributed by atoms with Gasteiger partial charge in [-0.3, -0.25) is 4.79 Å². The molecule has 1 aliphatic rings. The first-order valence-electron chi connectivity index (χ1n) is 5.99. The number of amides is 1. The first-order chi connectivity index (χ1) is 7.51. The summed E-state index contributed by atoms with van der Waals surface area (Å²) in [7, 11) is 1.73. The van der Waals surface area contributed by atoms with Crippen LogP contribution in [0, 0.1) is 11.3 Å². The van der Waals surface area contributed by atoms with Crippen LogP contribution in [0.2, 0.25) is 0 Å². The first-order valence-corrected chi connectivity index (χ1v) is 5.99. The Labute approximate surface area is 98.1 Å². The number of carbonyl (C=O) groups is 1. The zero-order chi connectivity index (χ0) is 12.2. The van der Waals surface area contributed by atoms with Crippen molar-refractivity contribution in [3.05, 3.63) is 0 Å². The van der Waals surface area contributed by atoms with Gasteiger partial charge < -0.3 is 15.4 Å². The number of carbonyl (C=O) groups excluding carboxylic acids is 1. The molecule has 16 heavy (non-hydrogen) atoms. The van der Waals surface area contributed by atoms with Gasteiger partial charge in [-0.2, -0.15) is 0 Å². The van der Waals surface area contributed by atoms with Crippen molar-refractivity contribution < 1.29 is 9.53 Å². The molecule has 4 nitrogen and oxygen atoms in total. The van der Waals surface area contributed by atoms with Gasteiger partial charge in [-0.15, -0.1) is 0 Å². The highest BCUT2D eigenvalue weighted by atomic mass is 16.5. The molecular formula is C12H24N2O2. The van der Waals surface area contributed by atoms with E-state index in [0.29, 0.717) is 12.5 Å². The second-order valence-corrected chi connectivity index (χ2v) is 5.28. The number of piperidine rings is 1. The van der Waals surface area contributed by atoms with Gasteiger partial charge in [-0.05, 0) is 32.6 Å². The van der Waals surface area contributed by atoms with E-state index in [0.717, 1.165) is 32.5 Å². The van der Waals surface area contributed by atoms with Crippen molar-refractivity contribution in [1.82, 2.24) is 4.90 Å². The van der Waals surface area contributed by atoms with Gasteiger partial charge in [0.05, 0.1) is 5.41 Å². The van der Waals surface area contributed by atoms with Gasteiger partial charge in [-0.25, -0.2) is 0 Å². The van der Waals surface area contributed by atoms with Crippen LogP contribution in [-0.2, 0) is 9.53 Å². The minimum Gasteiger partial charge on any atom is -0.384 e. The number of nitrogens with zero attached hydrogens (tertiary/aromatic N) is 1. The summed E-state index contributed by atoms with van der Waals surface area (Å²) in [6, 6.07) is 0. The Bertz CT molecular complexity index is 233. The predicted octanol–water partition coefficient (Wildman–Crippen LogP) is 0.856. The summed E-state index contributed by atoms with van der Waals surface area (Å²) in [5, 5.41) is 0. The number of ether oxygens (including phenoxy) is 1. The fourth-order valence-electron chi connectivity index (χ4n) is 2.05. The van der Waals surface area contributed by atoms with E-state index in [1.807, 2.05) is 18.7 Å². The van der Waals surface area contributed by atoms with E-state index >= 15 is 0 Å². The zero-order valence-electron chi connectivity index (χ0n) is 10.7. The van der Waals surface area contributed by atoms with E-state index in [2.05, 4.69) is 0 Å². The molecule has 1 amide bonds. The Balaban J connectivity index is 2.45. The molecule has 2 N–H and O–H groups in total. The monoisotopic (exact) mass is 228 g/mol. The average molecular weight is 228 g/mol. The van der Waals surface area contributed by atoms with E-state index in [9.17, 15) is 4.79 Å². The standard InChI is InChI=1S/C12H24N2O2/c1-12(2,9-13)11(15)14-6-4-10(5-7-14)8-16-3/h10H,4-9,13H2,1-3H3. The third-order valence-corrected chi connectivity index (χ3v) is 3.39. The molecule has 0 radical (unpaired) electrons. The lowest BCUT2D eigenvalue weighted by molar-refractivity contribution is -0.141. The maximum atomic E-state index is 12.1. The Morgan fingerprint density at radius 3 is 2.44 bits per heavy atom. The summed E-state index contributed by atoms with van der Waals surface area (Å²) in [4.78, 5) is 14.1. The van der Waals surface area contributed by atoms with Crippen molar-refractivity contribution in [2.24, 2.45) is 17.1 Å². The fraction of sp³-hybridized carbons (Fsp3) is 0.917. The van der Waals surface area contributed by atoms with Gasteiger partial charge in [0.15, 0.2) is 0 Å². The van der Waals surface area contributed by atoms with Crippen LogP contribution in [0.5, 0.6) is 0 Å². The maximum Gasteiger partial charge on any atom is 0.229 e. The third kappa shape index (κ3) is 3.19. The molecule has 4 heteroatoms. The van der Waals surface area contributed by atoms with Gasteiger partial charge in [0.25, 0.3) is 0 Å². The van der Waals surface area contributed by atoms with E-state index in [1.54, 1.807) is 7.11 Å². The topological polar surface area (TPSA) is 55.6 Å². The molecule has 0 atom stereocenters. The van der Waals surface area contributed by atoms with Crippen molar-refractivity contribution in [3.63, 3.8) is 0 Å². The van der Waals surface area contributed by atoms with Crippen LogP contribution < -0.4 is 5.73 Å². The van der Waals surface area contributed by atoms with Crippen LogP contribution >= 0.6 is 0 Å². The van der Waals surface area contributed by atoms with Crippen molar-refractivity contribution >= 4 is 5.91 Å². The largest absolute Gasteiger partial charge is 0.384 e. The highest BCUT2D eigenvalue weighted by Crippen LogP contribution is 2.23. The summed E-state index contributed by atoms with van der Waals surface area (Å²) in [5.74, 6) is 0.793. The van der Waals surface area contributed by atoms with Gasteiger partial charge in [0.2, 0.25) is 5.91 Å². The SMILES string of the molecule is COCC1CCN(C(=O)C(C)(C)CN)CC1. The molecule has 94 valence electrons. The second-order valence-electron chi connectivity index (χ2n) is 5.28. The summed E-state index contributed by atoms with van der Waals surface area (Å²) in [6.07, 6.45) is 2.08. The average Bonchev–Trinajstić information content (AvgIpc) is 2.29. The molecule has 0 saturated carbocycles. The minimum atomic E-state index is -0.423. The Morgan fingerprint density at radius 2 is 2.00 bits per heavy atom. The molecule has 1 aliphatic heterocycles. The van der Waals surface area contributed by atoms with Crippen molar-refractivity contribution in [1.29, 1.82) is 0 Å². The summed E-state index contributed by atoms with van der Waals surface area (Å²) in [5.41, 5.74) is 5.20. The maximum absolute atomic E-state index is 12.1. The summed E-state index contributed by atoms with van der Waals surface area (Å²) in [6.45, 7) is 6.73. The molecule has 0 spiro atoms. The molecule has 0 bridgehead atoms. The highest BCUT2D eigenvalue weighted by Gasteiger charge is 2.32. The van der Waals surface area contributed by atoms with Crippen molar-refractivity contribution in [3.8, 4) is 0 Å². The number of methoxy groups -OCH3 is 1. The molecule has 0 aliphatic carbocycles. The molecule has 1 rings (SSSR count). The molecule has 0 aromatic heterocycles. The minimum absolute atomic E-state index is 0.186. The highest BCUT2D eigenvalue weighted by molar-refractivity contribution is 5.82. The number of rotatable bonds is 4. The first kappa shape index (κ1) is 13.5. The predicted molar refractivity (Wildman–Crippen MR) is 64.0 cm³/mol. The summed E-state index contributed by atoms with van der Waals surface area (Å²) >= 11 is 0. The molecule has 0 aromatic rings. The molecular weight excluding hydrogens is 204 g/mol. The third-order valence-electron chi connectivity index (χ3n) is 3.39. The van der Waals surface area contributed by atoms with Crippen LogP contribution in [0.15, 0.2) is 0 Å². The summed E-state index contributed by atoms with van der Waals surface area (Å²) < 4.78 is 5.14. The van der Waals surface area contributed by atoms with E-state index in [4.69, 9.17) is 10.5 Å². The molecule has 1 fully saturated rings. The van der Waals surface area contributed by atoms with Crippen molar-refractivity contribution in [2.45, 2.75) is 26.7 Å². The molecule has 1 heterocycles. The number of likely N-dealkylation sites (tertiary alicyclic amines) is 1. The van der Waals surface area contributed by atoms with E-state index < -0.39 is 5.41 Å². The Morgan fingerprint density at radius 1 is 1.44 bits per heavy atom. The van der Waals surface area contributed by atoms with Crippen LogP contribution in [-0.4, -0.2) is 44.2 Å². The lowest BCUT2D eigenvalue weighted by Crippen LogP contribution is -2.48. The molecule has 1 saturated heterocycles. The second kappa shape index (κ2) is 5.64. The lowest BCUT2D eigenvalue weighted by atomic mass is 9.89. The Hall–Kier alpha value is -0.610. The number of hydrogen-bond acceptors (Lipinski definition) is 3. The lowest BCUT2D eigenvalue weighted by Gasteiger charge is -2.36. The van der Waals surface area contributed by atoms with Gasteiger partial charge in [-0.1, -0.05) is 0 Å². The molecule has 0 aromatic carbocycles. The van der Waals surface area contributed by atoms with Crippen LogP contribution in [0.1, 0.15) is 26.7 Å². The van der Waals surface area contributed by atoms with Gasteiger partial charge in [0, 0.05) is 33.4 Å². The Kier molecular flexibility index (Phi) is 4.74. The normalized spacial score (nSPS) is 18.9. The smallest absolute Gasteiger partial charge is 0.229 e. The van der Waals surface area contributed by atoms with Crippen LogP contribution in [0.3, 0.4) is 0 Å². The van der Waals surface area contributed by atoms with Gasteiger partial charge >= 0.3 is 0 Å². The van der Waals surface area contributed by atoms with Crippen LogP contribution in [0.25, 0.3) is 0 Å². The van der Waals surface area contributed by atoms with Crippen LogP contribution in [0.4, 0.5) is 0 Å². The fourth-order valence-corrected chi connectivity index (χ4v) is 2.05. The van der Waals surface area contributed by atoms with Gasteiger partial charge in [0.1, 0.15) is 0 Å². The number of hydrogen-bond donors (Lipinski definition) is 1.